The fourth-order valence-corrected chi connectivity index (χ4v) is 4.46. The molecule has 6 heteroatoms. The Morgan fingerprint density at radius 1 is 1.08 bits per heavy atom. The van der Waals surface area contributed by atoms with E-state index in [1.165, 1.54) is 6.08 Å². The topological polar surface area (TPSA) is 101 Å². The molecule has 204 valence electrons. The van der Waals surface area contributed by atoms with Crippen LogP contribution in [0.3, 0.4) is 0 Å². The first-order valence-corrected chi connectivity index (χ1v) is 13.0. The molecule has 6 nitrogen and oxygen atoms in total. The maximum Gasteiger partial charge on any atom is 0.331 e. The highest BCUT2D eigenvalue weighted by molar-refractivity contribution is 5.85. The zero-order chi connectivity index (χ0) is 28.1. The number of aliphatic hydroxyl groups excluding tert-OH is 1. The smallest absolute Gasteiger partial charge is 0.331 e. The Labute approximate surface area is 222 Å². The molecule has 0 fully saturated rings. The molecule has 0 aromatic heterocycles. The van der Waals surface area contributed by atoms with Gasteiger partial charge < -0.3 is 14.9 Å². The first kappa shape index (κ1) is 32.0. The van der Waals surface area contributed by atoms with Gasteiger partial charge in [0.15, 0.2) is 0 Å². The van der Waals surface area contributed by atoms with Gasteiger partial charge in [0, 0.05) is 30.4 Å². The minimum Gasteiger partial charge on any atom is -0.478 e. The minimum atomic E-state index is -1.01. The summed E-state index contributed by atoms with van der Waals surface area (Å²) in [7, 11) is 0. The SMILES string of the molecule is CC(/C=C/C1CC=CC(=O)O1)=C\C(C)C/C=C/C(C)=C/C(C)C(=O)C(C)C(O)C(C)C/C(C)=C/C(=O)O. The molecule has 1 aliphatic rings. The molecule has 2 N–H and O–H groups in total. The summed E-state index contributed by atoms with van der Waals surface area (Å²) in [6.07, 6.45) is 17.4. The Kier molecular flexibility index (Phi) is 13.8. The molecule has 0 saturated carbocycles. The second-order valence-corrected chi connectivity index (χ2v) is 10.4. The molecule has 0 aromatic rings. The van der Waals surface area contributed by atoms with Crippen LogP contribution in [0, 0.1) is 23.7 Å². The number of carbonyl (C=O) groups excluding carboxylic acids is 2. The second-order valence-electron chi connectivity index (χ2n) is 10.4. The predicted molar refractivity (Wildman–Crippen MR) is 148 cm³/mol. The summed E-state index contributed by atoms with van der Waals surface area (Å²) in [5.41, 5.74) is 2.75. The molecule has 0 spiro atoms. The number of hydrogen-bond donors (Lipinski definition) is 2. The van der Waals surface area contributed by atoms with Crippen molar-refractivity contribution in [3.63, 3.8) is 0 Å². The number of aliphatic hydroxyl groups is 1. The lowest BCUT2D eigenvalue weighted by Gasteiger charge is -2.25. The standard InChI is InChI=1S/C31H44O6/c1-20(16-22(3)14-15-27-12-9-13-29(34)37-27)10-8-11-21(2)17-24(5)30(35)26(7)31(36)25(6)18-23(4)19-28(32)33/h8-9,11,13-17,19-20,24-27,31,36H,10,12,18H2,1-7H3,(H,32,33)/b11-8+,15-14+,21-17+,22-16+,23-19+. The van der Waals surface area contributed by atoms with E-state index in [1.54, 1.807) is 13.8 Å². The van der Waals surface area contributed by atoms with E-state index < -0.39 is 18.0 Å². The molecule has 37 heavy (non-hydrogen) atoms. The van der Waals surface area contributed by atoms with Crippen molar-refractivity contribution in [3.05, 3.63) is 71.4 Å². The lowest BCUT2D eigenvalue weighted by Crippen LogP contribution is -2.34. The van der Waals surface area contributed by atoms with Gasteiger partial charge in [-0.1, -0.05) is 80.9 Å². The summed E-state index contributed by atoms with van der Waals surface area (Å²) in [4.78, 5) is 35.0. The molecule has 0 amide bonds. The van der Waals surface area contributed by atoms with Crippen LogP contribution in [0.25, 0.3) is 0 Å². The quantitative estimate of drug-likeness (QED) is 0.164. The summed E-state index contributed by atoms with van der Waals surface area (Å²) >= 11 is 0. The summed E-state index contributed by atoms with van der Waals surface area (Å²) < 4.78 is 5.23. The highest BCUT2D eigenvalue weighted by Crippen LogP contribution is 2.24. The van der Waals surface area contributed by atoms with E-state index in [-0.39, 0.29) is 29.7 Å². The maximum atomic E-state index is 12.9. The lowest BCUT2D eigenvalue weighted by molar-refractivity contribution is -0.141. The van der Waals surface area contributed by atoms with E-state index in [2.05, 4.69) is 19.1 Å². The number of hydrogen-bond acceptors (Lipinski definition) is 5. The summed E-state index contributed by atoms with van der Waals surface area (Å²) in [5.74, 6) is -2.16. The van der Waals surface area contributed by atoms with Crippen molar-refractivity contribution in [3.8, 4) is 0 Å². The number of carboxylic acid groups (broad SMARTS) is 1. The van der Waals surface area contributed by atoms with Gasteiger partial charge in [0.2, 0.25) is 0 Å². The normalized spacial score (nSPS) is 21.6. The lowest BCUT2D eigenvalue weighted by atomic mass is 9.83. The van der Waals surface area contributed by atoms with Crippen LogP contribution in [-0.4, -0.2) is 40.1 Å². The third-order valence-electron chi connectivity index (χ3n) is 6.42. The third kappa shape index (κ3) is 12.7. The Bertz CT molecular complexity index is 978. The van der Waals surface area contributed by atoms with Crippen LogP contribution < -0.4 is 0 Å². The van der Waals surface area contributed by atoms with Gasteiger partial charge >= 0.3 is 11.9 Å². The van der Waals surface area contributed by atoms with Crippen molar-refractivity contribution in [2.75, 3.05) is 0 Å². The van der Waals surface area contributed by atoms with E-state index in [4.69, 9.17) is 9.84 Å². The molecule has 1 aliphatic heterocycles. The average molecular weight is 513 g/mol. The van der Waals surface area contributed by atoms with E-state index >= 15 is 0 Å². The highest BCUT2D eigenvalue weighted by Gasteiger charge is 2.29. The number of aliphatic carboxylic acids is 1. The van der Waals surface area contributed by atoms with E-state index in [0.717, 1.165) is 23.6 Å². The molecule has 0 aliphatic carbocycles. The van der Waals surface area contributed by atoms with Crippen molar-refractivity contribution in [2.45, 2.75) is 79.9 Å². The number of allylic oxidation sites excluding steroid dienone is 8. The van der Waals surface area contributed by atoms with Gasteiger partial charge in [-0.25, -0.2) is 9.59 Å². The molecule has 1 heterocycles. The monoisotopic (exact) mass is 512 g/mol. The van der Waals surface area contributed by atoms with Crippen LogP contribution in [0.4, 0.5) is 0 Å². The van der Waals surface area contributed by atoms with Crippen LogP contribution >= 0.6 is 0 Å². The third-order valence-corrected chi connectivity index (χ3v) is 6.42. The van der Waals surface area contributed by atoms with E-state index in [1.807, 2.05) is 58.1 Å². The van der Waals surface area contributed by atoms with Gasteiger partial charge in [-0.05, 0) is 51.5 Å². The molecule has 0 radical (unpaired) electrons. The summed E-state index contributed by atoms with van der Waals surface area (Å²) in [5, 5.41) is 19.5. The molecule has 6 atom stereocenters. The van der Waals surface area contributed by atoms with Crippen molar-refractivity contribution < 1.29 is 29.3 Å². The number of rotatable bonds is 14. The number of carbonyl (C=O) groups is 3. The number of esters is 1. The van der Waals surface area contributed by atoms with Gasteiger partial charge in [-0.3, -0.25) is 4.79 Å². The van der Waals surface area contributed by atoms with Crippen LogP contribution in [0.2, 0.25) is 0 Å². The Balaban J connectivity index is 2.60. The fraction of sp³-hybridized carbons (Fsp3) is 0.516. The van der Waals surface area contributed by atoms with Crippen LogP contribution in [0.5, 0.6) is 0 Å². The van der Waals surface area contributed by atoms with E-state index in [0.29, 0.717) is 24.3 Å². The zero-order valence-corrected chi connectivity index (χ0v) is 23.3. The predicted octanol–water partition coefficient (Wildman–Crippen LogP) is 6.15. The number of cyclic esters (lactones) is 1. The number of ketones is 1. The minimum absolute atomic E-state index is 0.0372. The largest absolute Gasteiger partial charge is 0.478 e. The van der Waals surface area contributed by atoms with Gasteiger partial charge in [0.25, 0.3) is 0 Å². The van der Waals surface area contributed by atoms with Gasteiger partial charge in [0.05, 0.1) is 6.10 Å². The molecular weight excluding hydrogens is 468 g/mol. The highest BCUT2D eigenvalue weighted by atomic mass is 16.5. The molecule has 0 aromatic carbocycles. The van der Waals surface area contributed by atoms with Crippen molar-refractivity contribution in [2.24, 2.45) is 23.7 Å². The summed E-state index contributed by atoms with van der Waals surface area (Å²) in [6, 6.07) is 0. The number of Topliss-reactive ketones (excluding diaryl/α,β-unsaturated/α-hetero) is 1. The van der Waals surface area contributed by atoms with E-state index in [9.17, 15) is 19.5 Å². The first-order chi connectivity index (χ1) is 17.3. The first-order valence-electron chi connectivity index (χ1n) is 13.0. The molecule has 6 unspecified atom stereocenters. The molecule has 0 saturated heterocycles. The van der Waals surface area contributed by atoms with Gasteiger partial charge in [-0.15, -0.1) is 0 Å². The zero-order valence-electron chi connectivity index (χ0n) is 23.3. The number of ether oxygens (including phenoxy) is 1. The van der Waals surface area contributed by atoms with Crippen molar-refractivity contribution >= 4 is 17.7 Å². The van der Waals surface area contributed by atoms with Gasteiger partial charge in [-0.2, -0.15) is 0 Å². The molecule has 1 rings (SSSR count). The average Bonchev–Trinajstić information content (AvgIpc) is 2.80. The second kappa shape index (κ2) is 16.0. The van der Waals surface area contributed by atoms with Crippen LogP contribution in [0.1, 0.15) is 67.7 Å². The van der Waals surface area contributed by atoms with Crippen LogP contribution in [0.15, 0.2) is 71.4 Å². The van der Waals surface area contributed by atoms with Crippen molar-refractivity contribution in [1.82, 2.24) is 0 Å². The van der Waals surface area contributed by atoms with Crippen LogP contribution in [-0.2, 0) is 19.1 Å². The fourth-order valence-electron chi connectivity index (χ4n) is 4.46. The molecule has 0 bridgehead atoms. The number of carboxylic acids is 1. The Morgan fingerprint density at radius 3 is 2.35 bits per heavy atom. The Morgan fingerprint density at radius 2 is 1.73 bits per heavy atom. The summed E-state index contributed by atoms with van der Waals surface area (Å²) in [6.45, 7) is 13.2. The Hall–Kier alpha value is -2.99. The molecular formula is C31H44O6. The van der Waals surface area contributed by atoms with Crippen molar-refractivity contribution in [1.29, 1.82) is 0 Å². The maximum absolute atomic E-state index is 12.9. The van der Waals surface area contributed by atoms with Gasteiger partial charge in [0.1, 0.15) is 11.9 Å².